The van der Waals surface area contributed by atoms with E-state index in [4.69, 9.17) is 5.11 Å². The van der Waals surface area contributed by atoms with Crippen molar-refractivity contribution in [2.75, 3.05) is 0 Å². The average Bonchev–Trinajstić information content (AvgIpc) is 2.46. The van der Waals surface area contributed by atoms with Gasteiger partial charge in [0.2, 0.25) is 0 Å². The Hall–Kier alpha value is -1.74. The van der Waals surface area contributed by atoms with E-state index in [-0.39, 0.29) is 0 Å². The third kappa shape index (κ3) is 3.86. The monoisotopic (exact) mass is 272 g/mol. The van der Waals surface area contributed by atoms with E-state index in [9.17, 15) is 4.79 Å². The van der Waals surface area contributed by atoms with Crippen molar-refractivity contribution in [3.8, 4) is 11.1 Å². The predicted octanol–water partition coefficient (Wildman–Crippen LogP) is 3.67. The van der Waals surface area contributed by atoms with E-state index in [1.165, 1.54) is 11.1 Å². The zero-order valence-electron chi connectivity index (χ0n) is 10.5. The molecule has 0 amide bonds. The summed E-state index contributed by atoms with van der Waals surface area (Å²) >= 11 is 4.03. The normalized spacial score (nSPS) is 12.1. The lowest BCUT2D eigenvalue weighted by molar-refractivity contribution is -0.136. The Bertz CT molecular complexity index is 534. The van der Waals surface area contributed by atoms with E-state index >= 15 is 0 Å². The Morgan fingerprint density at radius 1 is 1.00 bits per heavy atom. The molecule has 0 bridgehead atoms. The van der Waals surface area contributed by atoms with Gasteiger partial charge in [-0.25, -0.2) is 0 Å². The van der Waals surface area contributed by atoms with Crippen LogP contribution in [0.5, 0.6) is 0 Å². The molecule has 0 spiro atoms. The summed E-state index contributed by atoms with van der Waals surface area (Å²) in [7, 11) is 0. The quantitative estimate of drug-likeness (QED) is 0.815. The second-order valence-electron chi connectivity index (χ2n) is 4.46. The van der Waals surface area contributed by atoms with Crippen molar-refractivity contribution in [3.63, 3.8) is 0 Å². The van der Waals surface area contributed by atoms with E-state index in [0.717, 1.165) is 12.0 Å². The maximum atomic E-state index is 10.7. The lowest BCUT2D eigenvalue weighted by Crippen LogP contribution is -2.13. The number of rotatable bonds is 5. The Balaban J connectivity index is 2.01. The Labute approximate surface area is 118 Å². The first kappa shape index (κ1) is 13.7. The molecule has 0 saturated carbocycles. The molecular weight excluding hydrogens is 256 g/mol. The van der Waals surface area contributed by atoms with E-state index in [1.807, 2.05) is 30.3 Å². The van der Waals surface area contributed by atoms with Crippen LogP contribution >= 0.6 is 12.6 Å². The summed E-state index contributed by atoms with van der Waals surface area (Å²) in [6, 6.07) is 18.4. The van der Waals surface area contributed by atoms with Crippen LogP contribution in [0.15, 0.2) is 54.6 Å². The average molecular weight is 272 g/mol. The minimum atomic E-state index is -0.857. The molecule has 19 heavy (non-hydrogen) atoms. The van der Waals surface area contributed by atoms with Crippen LogP contribution < -0.4 is 0 Å². The summed E-state index contributed by atoms with van der Waals surface area (Å²) in [4.78, 5) is 10.7. The SMILES string of the molecule is O=C(O)C(S)CCc1ccc(-c2ccccc2)cc1. The Morgan fingerprint density at radius 3 is 2.16 bits per heavy atom. The summed E-state index contributed by atoms with van der Waals surface area (Å²) in [6.07, 6.45) is 1.28. The van der Waals surface area contributed by atoms with Crippen molar-refractivity contribution in [1.82, 2.24) is 0 Å². The van der Waals surface area contributed by atoms with Gasteiger partial charge >= 0.3 is 5.97 Å². The molecule has 0 radical (unpaired) electrons. The van der Waals surface area contributed by atoms with Crippen molar-refractivity contribution in [2.24, 2.45) is 0 Å². The van der Waals surface area contributed by atoms with E-state index in [2.05, 4.69) is 36.9 Å². The molecule has 2 rings (SSSR count). The fourth-order valence-electron chi connectivity index (χ4n) is 1.92. The van der Waals surface area contributed by atoms with Crippen molar-refractivity contribution in [1.29, 1.82) is 0 Å². The smallest absolute Gasteiger partial charge is 0.316 e. The predicted molar refractivity (Wildman–Crippen MR) is 80.6 cm³/mol. The third-order valence-electron chi connectivity index (χ3n) is 3.05. The molecule has 3 heteroatoms. The van der Waals surface area contributed by atoms with Crippen molar-refractivity contribution in [3.05, 3.63) is 60.2 Å². The number of carboxylic acid groups (broad SMARTS) is 1. The molecule has 0 aliphatic carbocycles. The van der Waals surface area contributed by atoms with Gasteiger partial charge in [-0.15, -0.1) is 0 Å². The summed E-state index contributed by atoms with van der Waals surface area (Å²) in [6.45, 7) is 0. The number of aliphatic carboxylic acids is 1. The van der Waals surface area contributed by atoms with Crippen LogP contribution in [-0.2, 0) is 11.2 Å². The van der Waals surface area contributed by atoms with Crippen LogP contribution in [0.4, 0.5) is 0 Å². The molecule has 0 aliphatic rings. The third-order valence-corrected chi connectivity index (χ3v) is 3.53. The van der Waals surface area contributed by atoms with Gasteiger partial charge in [-0.05, 0) is 29.5 Å². The largest absolute Gasteiger partial charge is 0.480 e. The van der Waals surface area contributed by atoms with Gasteiger partial charge in [0.1, 0.15) is 0 Å². The number of carboxylic acids is 1. The molecule has 98 valence electrons. The molecular formula is C16H16O2S. The minimum Gasteiger partial charge on any atom is -0.480 e. The highest BCUT2D eigenvalue weighted by Crippen LogP contribution is 2.20. The highest BCUT2D eigenvalue weighted by Gasteiger charge is 2.11. The number of thiol groups is 1. The lowest BCUT2D eigenvalue weighted by atomic mass is 10.0. The lowest BCUT2D eigenvalue weighted by Gasteiger charge is -2.06. The first-order valence-electron chi connectivity index (χ1n) is 6.22. The molecule has 1 unspecified atom stereocenters. The standard InChI is InChI=1S/C16H16O2S/c17-16(18)15(19)11-8-12-6-9-14(10-7-12)13-4-2-1-3-5-13/h1-7,9-10,15,19H,8,11H2,(H,17,18). The minimum absolute atomic E-state index is 0.545. The van der Waals surface area contributed by atoms with Gasteiger partial charge < -0.3 is 5.11 Å². The van der Waals surface area contributed by atoms with Gasteiger partial charge in [-0.2, -0.15) is 12.6 Å². The van der Waals surface area contributed by atoms with Crippen LogP contribution in [-0.4, -0.2) is 16.3 Å². The highest BCUT2D eigenvalue weighted by molar-refractivity contribution is 7.81. The summed E-state index contributed by atoms with van der Waals surface area (Å²) < 4.78 is 0. The van der Waals surface area contributed by atoms with Crippen LogP contribution in [0.25, 0.3) is 11.1 Å². The first-order chi connectivity index (χ1) is 9.16. The fraction of sp³-hybridized carbons (Fsp3) is 0.188. The number of hydrogen-bond acceptors (Lipinski definition) is 2. The number of aryl methyl sites for hydroxylation is 1. The van der Waals surface area contributed by atoms with Crippen LogP contribution in [0.3, 0.4) is 0 Å². The zero-order valence-corrected chi connectivity index (χ0v) is 11.4. The van der Waals surface area contributed by atoms with Crippen molar-refractivity contribution in [2.45, 2.75) is 18.1 Å². The summed E-state index contributed by atoms with van der Waals surface area (Å²) in [5.74, 6) is -0.857. The van der Waals surface area contributed by atoms with Gasteiger partial charge in [-0.3, -0.25) is 4.79 Å². The number of hydrogen-bond donors (Lipinski definition) is 2. The van der Waals surface area contributed by atoms with Gasteiger partial charge in [0.05, 0.1) is 5.25 Å². The zero-order chi connectivity index (χ0) is 13.7. The molecule has 2 aromatic rings. The number of carbonyl (C=O) groups is 1. The molecule has 1 N–H and O–H groups in total. The van der Waals surface area contributed by atoms with E-state index < -0.39 is 11.2 Å². The molecule has 0 aliphatic heterocycles. The van der Waals surface area contributed by atoms with Gasteiger partial charge in [0, 0.05) is 0 Å². The highest BCUT2D eigenvalue weighted by atomic mass is 32.1. The molecule has 0 saturated heterocycles. The van der Waals surface area contributed by atoms with Crippen molar-refractivity contribution < 1.29 is 9.90 Å². The van der Waals surface area contributed by atoms with Crippen LogP contribution in [0, 0.1) is 0 Å². The maximum absolute atomic E-state index is 10.7. The second-order valence-corrected chi connectivity index (χ2v) is 5.08. The second kappa shape index (κ2) is 6.43. The molecule has 0 aromatic heterocycles. The molecule has 2 nitrogen and oxygen atoms in total. The van der Waals surface area contributed by atoms with Crippen LogP contribution in [0.2, 0.25) is 0 Å². The topological polar surface area (TPSA) is 37.3 Å². The van der Waals surface area contributed by atoms with E-state index in [1.54, 1.807) is 0 Å². The summed E-state index contributed by atoms with van der Waals surface area (Å²) in [5, 5.41) is 8.19. The summed E-state index contributed by atoms with van der Waals surface area (Å²) in [5.41, 5.74) is 3.50. The van der Waals surface area contributed by atoms with Crippen LogP contribution in [0.1, 0.15) is 12.0 Å². The fourth-order valence-corrected chi connectivity index (χ4v) is 2.05. The maximum Gasteiger partial charge on any atom is 0.316 e. The Morgan fingerprint density at radius 2 is 1.58 bits per heavy atom. The van der Waals surface area contributed by atoms with Crippen molar-refractivity contribution >= 4 is 18.6 Å². The Kier molecular flexibility index (Phi) is 4.63. The van der Waals surface area contributed by atoms with Gasteiger partial charge in [-0.1, -0.05) is 54.6 Å². The van der Waals surface area contributed by atoms with Gasteiger partial charge in [0.25, 0.3) is 0 Å². The number of benzene rings is 2. The molecule has 2 aromatic carbocycles. The van der Waals surface area contributed by atoms with E-state index in [0.29, 0.717) is 6.42 Å². The van der Waals surface area contributed by atoms with Gasteiger partial charge in [0.15, 0.2) is 0 Å². The molecule has 1 atom stereocenters. The molecule has 0 fully saturated rings. The molecule has 0 heterocycles. The first-order valence-corrected chi connectivity index (χ1v) is 6.73.